The van der Waals surface area contributed by atoms with Crippen molar-refractivity contribution in [2.24, 2.45) is 0 Å². The van der Waals surface area contributed by atoms with Crippen LogP contribution in [0, 0.1) is 0 Å². The van der Waals surface area contributed by atoms with Gasteiger partial charge in [0.05, 0.1) is 0 Å². The Morgan fingerprint density at radius 1 is 0.905 bits per heavy atom. The molecule has 3 rings (SSSR count). The predicted octanol–water partition coefficient (Wildman–Crippen LogP) is 3.39. The lowest BCUT2D eigenvalue weighted by Crippen LogP contribution is -2.13. The summed E-state index contributed by atoms with van der Waals surface area (Å²) < 4.78 is 0. The molecule has 21 heavy (non-hydrogen) atoms. The van der Waals surface area contributed by atoms with E-state index in [0.29, 0.717) is 6.54 Å². The molecule has 0 amide bonds. The first-order valence-electron chi connectivity index (χ1n) is 6.83. The first-order chi connectivity index (χ1) is 10.3. The molecule has 0 radical (unpaired) electrons. The van der Waals surface area contributed by atoms with Crippen LogP contribution >= 0.6 is 11.3 Å². The molecule has 0 spiro atoms. The quantitative estimate of drug-likeness (QED) is 0.758. The summed E-state index contributed by atoms with van der Waals surface area (Å²) in [5.41, 5.74) is 4.62. The third-order valence-electron chi connectivity index (χ3n) is 3.28. The fourth-order valence-electron chi connectivity index (χ4n) is 2.19. The summed E-state index contributed by atoms with van der Waals surface area (Å²) in [5.74, 6) is 0. The van der Waals surface area contributed by atoms with Crippen LogP contribution in [0.5, 0.6) is 0 Å². The summed E-state index contributed by atoms with van der Waals surface area (Å²) >= 11 is 1.20. The maximum Gasteiger partial charge on any atom is 0.304 e. The highest BCUT2D eigenvalue weighted by Gasteiger charge is 1.99. The fourth-order valence-corrected chi connectivity index (χ4v) is 2.77. The van der Waals surface area contributed by atoms with Crippen molar-refractivity contribution in [1.82, 2.24) is 10.3 Å². The third-order valence-corrected chi connectivity index (χ3v) is 3.99. The molecule has 2 aromatic carbocycles. The van der Waals surface area contributed by atoms with E-state index < -0.39 is 0 Å². The molecular formula is C17H16N2OS. The smallest absolute Gasteiger partial charge is 0.304 e. The zero-order chi connectivity index (χ0) is 14.5. The predicted molar refractivity (Wildman–Crippen MR) is 87.4 cm³/mol. The van der Waals surface area contributed by atoms with E-state index in [1.54, 1.807) is 0 Å². The van der Waals surface area contributed by atoms with Gasteiger partial charge in [0.1, 0.15) is 0 Å². The van der Waals surface area contributed by atoms with Gasteiger partial charge < -0.3 is 10.3 Å². The van der Waals surface area contributed by atoms with Crippen molar-refractivity contribution in [3.8, 4) is 11.1 Å². The number of H-pyrrole nitrogens is 1. The Balaban J connectivity index is 1.58. The first kappa shape index (κ1) is 13.8. The van der Waals surface area contributed by atoms with Crippen molar-refractivity contribution >= 4 is 11.3 Å². The second-order valence-electron chi connectivity index (χ2n) is 4.84. The van der Waals surface area contributed by atoms with E-state index in [-0.39, 0.29) is 4.87 Å². The number of nitrogens with one attached hydrogen (secondary N) is 2. The number of aromatic nitrogens is 1. The molecule has 3 nitrogen and oxygen atoms in total. The lowest BCUT2D eigenvalue weighted by atomic mass is 10.0. The maximum absolute atomic E-state index is 11.0. The summed E-state index contributed by atoms with van der Waals surface area (Å²) in [6.07, 6.45) is 0. The van der Waals surface area contributed by atoms with Gasteiger partial charge in [0.2, 0.25) is 0 Å². The number of hydrogen-bond acceptors (Lipinski definition) is 3. The van der Waals surface area contributed by atoms with Gasteiger partial charge in [-0.2, -0.15) is 0 Å². The summed E-state index contributed by atoms with van der Waals surface area (Å²) in [4.78, 5) is 13.8. The van der Waals surface area contributed by atoms with Gasteiger partial charge in [-0.15, -0.1) is 0 Å². The number of benzene rings is 2. The summed E-state index contributed by atoms with van der Waals surface area (Å²) in [5, 5.41) is 5.18. The molecule has 0 aliphatic rings. The van der Waals surface area contributed by atoms with Crippen LogP contribution in [-0.2, 0) is 13.1 Å². The number of hydrogen-bond donors (Lipinski definition) is 2. The van der Waals surface area contributed by atoms with Crippen LogP contribution in [-0.4, -0.2) is 4.98 Å². The lowest BCUT2D eigenvalue weighted by molar-refractivity contribution is 0.682. The highest BCUT2D eigenvalue weighted by Crippen LogP contribution is 2.19. The number of rotatable bonds is 5. The highest BCUT2D eigenvalue weighted by atomic mass is 32.1. The topological polar surface area (TPSA) is 44.9 Å². The normalized spacial score (nSPS) is 10.7. The van der Waals surface area contributed by atoms with Crippen molar-refractivity contribution in [2.45, 2.75) is 13.1 Å². The second kappa shape index (κ2) is 6.52. The number of thiazole rings is 1. The summed E-state index contributed by atoms with van der Waals surface area (Å²) in [6.45, 7) is 1.46. The van der Waals surface area contributed by atoms with Crippen LogP contribution in [0.3, 0.4) is 0 Å². The van der Waals surface area contributed by atoms with E-state index in [1.165, 1.54) is 28.0 Å². The molecule has 0 atom stereocenters. The average Bonchev–Trinajstić information content (AvgIpc) is 2.94. The van der Waals surface area contributed by atoms with E-state index in [0.717, 1.165) is 12.2 Å². The van der Waals surface area contributed by atoms with Crippen LogP contribution < -0.4 is 10.2 Å². The molecule has 0 aliphatic carbocycles. The van der Waals surface area contributed by atoms with Gasteiger partial charge in [0.15, 0.2) is 0 Å². The van der Waals surface area contributed by atoms with Crippen molar-refractivity contribution in [3.63, 3.8) is 0 Å². The minimum atomic E-state index is -0.000913. The Morgan fingerprint density at radius 2 is 1.62 bits per heavy atom. The average molecular weight is 296 g/mol. The molecule has 4 heteroatoms. The van der Waals surface area contributed by atoms with E-state index in [9.17, 15) is 4.79 Å². The van der Waals surface area contributed by atoms with Crippen LogP contribution in [0.4, 0.5) is 0 Å². The van der Waals surface area contributed by atoms with Gasteiger partial charge in [0.25, 0.3) is 0 Å². The van der Waals surface area contributed by atoms with Crippen LogP contribution in [0.15, 0.2) is 64.8 Å². The standard InChI is InChI=1S/C17H16N2OS/c20-17-19-16(12-21-17)11-18-10-13-6-8-15(9-7-13)14-4-2-1-3-5-14/h1-9,12,18H,10-11H2,(H,19,20). The molecule has 1 aromatic heterocycles. The van der Waals surface area contributed by atoms with Gasteiger partial charge in [-0.1, -0.05) is 65.9 Å². The highest BCUT2D eigenvalue weighted by molar-refractivity contribution is 7.07. The van der Waals surface area contributed by atoms with Crippen molar-refractivity contribution < 1.29 is 0 Å². The van der Waals surface area contributed by atoms with Crippen molar-refractivity contribution in [2.75, 3.05) is 0 Å². The largest absolute Gasteiger partial charge is 0.315 e. The van der Waals surface area contributed by atoms with Crippen molar-refractivity contribution in [1.29, 1.82) is 0 Å². The van der Waals surface area contributed by atoms with Crippen LogP contribution in [0.25, 0.3) is 11.1 Å². The Morgan fingerprint density at radius 3 is 2.29 bits per heavy atom. The Kier molecular flexibility index (Phi) is 4.28. The molecule has 0 saturated carbocycles. The SMILES string of the molecule is O=c1[nH]c(CNCc2ccc(-c3ccccc3)cc2)cs1. The third kappa shape index (κ3) is 3.68. The molecule has 0 bridgehead atoms. The molecule has 2 N–H and O–H groups in total. The first-order valence-corrected chi connectivity index (χ1v) is 7.71. The second-order valence-corrected chi connectivity index (χ2v) is 5.68. The Bertz CT molecular complexity index is 744. The maximum atomic E-state index is 11.0. The molecule has 0 saturated heterocycles. The van der Waals surface area contributed by atoms with Gasteiger partial charge in [0, 0.05) is 24.2 Å². The van der Waals surface area contributed by atoms with Gasteiger partial charge in [-0.25, -0.2) is 0 Å². The zero-order valence-corrected chi connectivity index (χ0v) is 12.3. The molecule has 1 heterocycles. The van der Waals surface area contributed by atoms with Crippen LogP contribution in [0.1, 0.15) is 11.3 Å². The van der Waals surface area contributed by atoms with E-state index in [1.807, 2.05) is 23.6 Å². The summed E-state index contributed by atoms with van der Waals surface area (Å²) in [7, 11) is 0. The zero-order valence-electron chi connectivity index (χ0n) is 11.5. The lowest BCUT2D eigenvalue weighted by Gasteiger charge is -2.06. The van der Waals surface area contributed by atoms with E-state index in [2.05, 4.69) is 46.7 Å². The molecule has 0 aliphatic heterocycles. The minimum absolute atomic E-state index is 0.000913. The molecular weight excluding hydrogens is 280 g/mol. The fraction of sp³-hybridized carbons (Fsp3) is 0.118. The van der Waals surface area contributed by atoms with Gasteiger partial charge >= 0.3 is 4.87 Å². The molecule has 0 fully saturated rings. The number of aromatic amines is 1. The van der Waals surface area contributed by atoms with Gasteiger partial charge in [-0.05, 0) is 16.7 Å². The van der Waals surface area contributed by atoms with Gasteiger partial charge in [-0.3, -0.25) is 4.79 Å². The van der Waals surface area contributed by atoms with Crippen molar-refractivity contribution in [3.05, 3.63) is 80.9 Å². The van der Waals surface area contributed by atoms with E-state index >= 15 is 0 Å². The van der Waals surface area contributed by atoms with E-state index in [4.69, 9.17) is 0 Å². The Labute approximate surface area is 127 Å². The summed E-state index contributed by atoms with van der Waals surface area (Å²) in [6, 6.07) is 18.9. The molecule has 106 valence electrons. The monoisotopic (exact) mass is 296 g/mol. The molecule has 0 unspecified atom stereocenters. The Hall–Kier alpha value is -2.17. The minimum Gasteiger partial charge on any atom is -0.315 e. The molecule has 3 aromatic rings. The van der Waals surface area contributed by atoms with Crippen LogP contribution in [0.2, 0.25) is 0 Å².